The van der Waals surface area contributed by atoms with Crippen molar-refractivity contribution >= 4 is 31.4 Å². The molecule has 36 heavy (non-hydrogen) atoms. The van der Waals surface area contributed by atoms with Gasteiger partial charge in [-0.1, -0.05) is 43.9 Å². The summed E-state index contributed by atoms with van der Waals surface area (Å²) in [6.07, 6.45) is 9.13. The summed E-state index contributed by atoms with van der Waals surface area (Å²) in [5.41, 5.74) is 1.61. The number of hydrogen-bond acceptors (Lipinski definition) is 6. The van der Waals surface area contributed by atoms with Crippen molar-refractivity contribution in [2.24, 2.45) is 13.0 Å². The minimum atomic E-state index is -3.87. The highest BCUT2D eigenvalue weighted by Crippen LogP contribution is 2.29. The predicted octanol–water partition coefficient (Wildman–Crippen LogP) is 4.08. The molecule has 4 rings (SSSR count). The van der Waals surface area contributed by atoms with Gasteiger partial charge >= 0.3 is 0 Å². The molecule has 11 heteroatoms. The van der Waals surface area contributed by atoms with Crippen LogP contribution in [0.15, 0.2) is 71.0 Å². The number of anilines is 2. The summed E-state index contributed by atoms with van der Waals surface area (Å²) in [5, 5.41) is 3.41. The van der Waals surface area contributed by atoms with E-state index in [0.717, 1.165) is 17.9 Å². The molecule has 0 spiro atoms. The first-order valence-corrected chi connectivity index (χ1v) is 15.0. The summed E-state index contributed by atoms with van der Waals surface area (Å²) >= 11 is 0. The number of nitrogens with one attached hydrogen (secondary N) is 3. The number of hydrogen-bond donors (Lipinski definition) is 3. The van der Waals surface area contributed by atoms with Crippen LogP contribution in [-0.4, -0.2) is 32.4 Å². The van der Waals surface area contributed by atoms with E-state index in [9.17, 15) is 16.8 Å². The van der Waals surface area contributed by atoms with Crippen LogP contribution in [-0.2, 0) is 33.6 Å². The molecule has 1 fully saturated rings. The smallest absolute Gasteiger partial charge is 0.280 e. The number of aromatic nitrogens is 2. The molecule has 0 unspecified atom stereocenters. The first-order valence-electron chi connectivity index (χ1n) is 12.1. The Balaban J connectivity index is 1.41. The number of imidazole rings is 1. The summed E-state index contributed by atoms with van der Waals surface area (Å²) < 4.78 is 57.7. The highest BCUT2D eigenvalue weighted by Gasteiger charge is 2.20. The number of aryl methyl sites for hydroxylation is 1. The summed E-state index contributed by atoms with van der Waals surface area (Å²) in [7, 11) is -6.07. The SMILES string of the molecule is C[C@@H](CC1CCCC1)NCc1ccccc1NS(=O)(=O)c1ccc(NS(=O)(=O)c2cn(C)cn2)cc1. The van der Waals surface area contributed by atoms with Gasteiger partial charge in [0.1, 0.15) is 0 Å². The van der Waals surface area contributed by atoms with Gasteiger partial charge in [-0.3, -0.25) is 9.44 Å². The Bertz CT molecular complexity index is 1380. The highest BCUT2D eigenvalue weighted by molar-refractivity contribution is 7.93. The molecule has 2 aromatic carbocycles. The number of nitrogens with zero attached hydrogens (tertiary/aromatic N) is 2. The molecule has 0 radical (unpaired) electrons. The fraction of sp³-hybridized carbons (Fsp3) is 0.400. The van der Waals surface area contributed by atoms with Crippen molar-refractivity contribution < 1.29 is 16.8 Å². The van der Waals surface area contributed by atoms with Crippen LogP contribution in [0.2, 0.25) is 0 Å². The van der Waals surface area contributed by atoms with Crippen LogP contribution in [0.4, 0.5) is 11.4 Å². The molecule has 0 amide bonds. The van der Waals surface area contributed by atoms with Crippen LogP contribution in [0.25, 0.3) is 0 Å². The Hall–Kier alpha value is -2.89. The van der Waals surface area contributed by atoms with E-state index in [4.69, 9.17) is 0 Å². The Morgan fingerprint density at radius 1 is 0.972 bits per heavy atom. The van der Waals surface area contributed by atoms with Gasteiger partial charge in [-0.25, -0.2) is 13.4 Å². The molecular weight excluding hydrogens is 498 g/mol. The van der Waals surface area contributed by atoms with E-state index in [2.05, 4.69) is 26.7 Å². The summed E-state index contributed by atoms with van der Waals surface area (Å²) in [6.45, 7) is 2.73. The molecule has 1 aliphatic carbocycles. The maximum Gasteiger partial charge on any atom is 0.280 e. The van der Waals surface area contributed by atoms with Gasteiger partial charge in [0.15, 0.2) is 5.03 Å². The lowest BCUT2D eigenvalue weighted by molar-refractivity contribution is 0.404. The standard InChI is InChI=1S/C25H33N5O4S2/c1-19(15-20-7-3-4-8-20)26-16-21-9-5-6-10-24(21)29-35(31,32)23-13-11-22(12-14-23)28-36(33,34)25-17-30(2)18-27-25/h5-6,9-14,17-20,26,28-29H,3-4,7-8,15-16H2,1-2H3/t19-/m0/s1. The number of para-hydroxylation sites is 1. The lowest BCUT2D eigenvalue weighted by Crippen LogP contribution is -2.28. The van der Waals surface area contributed by atoms with Crippen molar-refractivity contribution in [3.63, 3.8) is 0 Å². The fourth-order valence-corrected chi connectivity index (χ4v) is 6.67. The molecule has 1 atom stereocenters. The normalized spacial score (nSPS) is 15.6. The zero-order valence-corrected chi connectivity index (χ0v) is 22.1. The van der Waals surface area contributed by atoms with Crippen LogP contribution in [0.1, 0.15) is 44.6 Å². The topological polar surface area (TPSA) is 122 Å². The first-order chi connectivity index (χ1) is 17.1. The van der Waals surface area contributed by atoms with Crippen LogP contribution in [0, 0.1) is 5.92 Å². The van der Waals surface area contributed by atoms with Gasteiger partial charge < -0.3 is 9.88 Å². The Labute approximate surface area is 213 Å². The van der Waals surface area contributed by atoms with Crippen molar-refractivity contribution in [1.29, 1.82) is 0 Å². The molecule has 1 saturated carbocycles. The molecule has 1 aromatic heterocycles. The molecule has 0 saturated heterocycles. The van der Waals surface area contributed by atoms with Crippen molar-refractivity contribution in [1.82, 2.24) is 14.9 Å². The van der Waals surface area contributed by atoms with Gasteiger partial charge in [0.05, 0.1) is 16.9 Å². The number of sulfonamides is 2. The van der Waals surface area contributed by atoms with E-state index in [-0.39, 0.29) is 15.6 Å². The Morgan fingerprint density at radius 2 is 1.67 bits per heavy atom. The second-order valence-electron chi connectivity index (χ2n) is 9.44. The van der Waals surface area contributed by atoms with Crippen LogP contribution < -0.4 is 14.8 Å². The quantitative estimate of drug-likeness (QED) is 0.343. The van der Waals surface area contributed by atoms with Crippen molar-refractivity contribution in [3.8, 4) is 0 Å². The van der Waals surface area contributed by atoms with Gasteiger partial charge in [0.2, 0.25) is 0 Å². The average molecular weight is 532 g/mol. The van der Waals surface area contributed by atoms with Crippen molar-refractivity contribution in [2.45, 2.75) is 61.5 Å². The molecule has 3 N–H and O–H groups in total. The molecule has 0 bridgehead atoms. The second-order valence-corrected chi connectivity index (χ2v) is 12.7. The zero-order chi connectivity index (χ0) is 25.8. The maximum absolute atomic E-state index is 13.1. The second kappa shape index (κ2) is 11.0. The van der Waals surface area contributed by atoms with E-state index >= 15 is 0 Å². The monoisotopic (exact) mass is 531 g/mol. The number of rotatable bonds is 11. The first kappa shape index (κ1) is 26.2. The van der Waals surface area contributed by atoms with Gasteiger partial charge in [0.25, 0.3) is 20.0 Å². The lowest BCUT2D eigenvalue weighted by Gasteiger charge is -2.19. The Kier molecular flexibility index (Phi) is 8.01. The molecule has 3 aromatic rings. The van der Waals surface area contributed by atoms with Crippen LogP contribution >= 0.6 is 0 Å². The third-order valence-corrected chi connectivity index (χ3v) is 9.08. The lowest BCUT2D eigenvalue weighted by atomic mass is 9.99. The summed E-state index contributed by atoms with van der Waals surface area (Å²) in [4.78, 5) is 3.88. The van der Waals surface area contributed by atoms with Crippen LogP contribution in [0.5, 0.6) is 0 Å². The average Bonchev–Trinajstić information content (AvgIpc) is 3.50. The van der Waals surface area contributed by atoms with Crippen molar-refractivity contribution in [3.05, 3.63) is 66.6 Å². The zero-order valence-electron chi connectivity index (χ0n) is 20.5. The fourth-order valence-electron chi connectivity index (χ4n) is 4.53. The van der Waals surface area contributed by atoms with Gasteiger partial charge in [-0.05, 0) is 55.2 Å². The molecule has 1 heterocycles. The Morgan fingerprint density at radius 3 is 2.33 bits per heavy atom. The van der Waals surface area contributed by atoms with E-state index in [1.54, 1.807) is 19.2 Å². The molecule has 0 aliphatic heterocycles. The van der Waals surface area contributed by atoms with Crippen LogP contribution in [0.3, 0.4) is 0 Å². The van der Waals surface area contributed by atoms with E-state index in [0.29, 0.717) is 18.3 Å². The highest BCUT2D eigenvalue weighted by atomic mass is 32.2. The molecule has 9 nitrogen and oxygen atoms in total. The van der Waals surface area contributed by atoms with E-state index in [1.165, 1.54) is 67.0 Å². The summed E-state index contributed by atoms with van der Waals surface area (Å²) in [6, 6.07) is 13.2. The third kappa shape index (κ3) is 6.65. The maximum atomic E-state index is 13.1. The summed E-state index contributed by atoms with van der Waals surface area (Å²) in [5.74, 6) is 0.776. The number of benzene rings is 2. The predicted molar refractivity (Wildman–Crippen MR) is 141 cm³/mol. The minimum absolute atomic E-state index is 0.0284. The van der Waals surface area contributed by atoms with Gasteiger partial charge in [0, 0.05) is 31.5 Å². The molecule has 194 valence electrons. The third-order valence-electron chi connectivity index (χ3n) is 6.44. The molecule has 1 aliphatic rings. The van der Waals surface area contributed by atoms with Gasteiger partial charge in [-0.15, -0.1) is 0 Å². The largest absolute Gasteiger partial charge is 0.339 e. The molecular formula is C25H33N5O4S2. The van der Waals surface area contributed by atoms with E-state index < -0.39 is 20.0 Å². The van der Waals surface area contributed by atoms with Crippen molar-refractivity contribution in [2.75, 3.05) is 9.44 Å². The van der Waals surface area contributed by atoms with E-state index in [1.807, 2.05) is 12.1 Å². The van der Waals surface area contributed by atoms with Gasteiger partial charge in [-0.2, -0.15) is 8.42 Å². The minimum Gasteiger partial charge on any atom is -0.339 e.